The highest BCUT2D eigenvalue weighted by atomic mass is 35.5. The van der Waals surface area contributed by atoms with Crippen LogP contribution in [0.1, 0.15) is 13.8 Å². The number of anilines is 1. The van der Waals surface area contributed by atoms with E-state index in [4.69, 9.17) is 11.6 Å². The third-order valence-corrected chi connectivity index (χ3v) is 8.00. The number of fused-ring (bicyclic) bond motifs is 1. The summed E-state index contributed by atoms with van der Waals surface area (Å²) >= 11 is 7.72. The van der Waals surface area contributed by atoms with Crippen molar-refractivity contribution in [2.24, 2.45) is 0 Å². The Balaban J connectivity index is 1.91. The number of halogens is 1. The second kappa shape index (κ2) is 8.91. The normalized spacial score (nSPS) is 14.1. The molecule has 0 bridgehead atoms. The second-order valence-corrected chi connectivity index (χ2v) is 9.94. The number of thioether (sulfide) groups is 1. The number of amides is 1. The summed E-state index contributed by atoms with van der Waals surface area (Å²) in [7, 11) is -3.73. The lowest BCUT2D eigenvalue weighted by Gasteiger charge is -2.29. The molecule has 2 heterocycles. The van der Waals surface area contributed by atoms with E-state index >= 15 is 0 Å². The van der Waals surface area contributed by atoms with Crippen molar-refractivity contribution in [2.75, 3.05) is 30.3 Å². The van der Waals surface area contributed by atoms with E-state index < -0.39 is 15.6 Å². The summed E-state index contributed by atoms with van der Waals surface area (Å²) in [4.78, 5) is 27.8. The lowest BCUT2D eigenvalue weighted by Crippen LogP contribution is -2.39. The number of sulfonamides is 1. The minimum atomic E-state index is -3.73. The Morgan fingerprint density at radius 3 is 2.62 bits per heavy atom. The molecule has 10 heteroatoms. The van der Waals surface area contributed by atoms with E-state index in [0.717, 1.165) is 15.2 Å². The number of rotatable bonds is 6. The summed E-state index contributed by atoms with van der Waals surface area (Å²) < 4.78 is 27.9. The van der Waals surface area contributed by atoms with Crippen LogP contribution >= 0.6 is 23.4 Å². The van der Waals surface area contributed by atoms with Gasteiger partial charge in [0.15, 0.2) is 0 Å². The number of benzene rings is 1. The van der Waals surface area contributed by atoms with Gasteiger partial charge in [-0.25, -0.2) is 8.42 Å². The van der Waals surface area contributed by atoms with Crippen LogP contribution in [0.5, 0.6) is 0 Å². The van der Waals surface area contributed by atoms with E-state index in [1.807, 2.05) is 6.07 Å². The fourth-order valence-electron chi connectivity index (χ4n) is 3.18. The molecule has 7 nitrogen and oxygen atoms in total. The molecule has 3 rings (SSSR count). The first-order chi connectivity index (χ1) is 13.8. The van der Waals surface area contributed by atoms with Crippen LogP contribution in [0.25, 0.3) is 0 Å². The van der Waals surface area contributed by atoms with Crippen LogP contribution < -0.4 is 10.5 Å². The zero-order valence-corrected chi connectivity index (χ0v) is 18.6. The lowest BCUT2D eigenvalue weighted by molar-refractivity contribution is -0.119. The summed E-state index contributed by atoms with van der Waals surface area (Å²) in [6.07, 6.45) is 1.24. The van der Waals surface area contributed by atoms with E-state index in [2.05, 4.69) is 0 Å². The van der Waals surface area contributed by atoms with Gasteiger partial charge >= 0.3 is 0 Å². The van der Waals surface area contributed by atoms with Gasteiger partial charge in [-0.05, 0) is 24.3 Å². The number of pyridine rings is 1. The van der Waals surface area contributed by atoms with Crippen LogP contribution in [0.3, 0.4) is 0 Å². The van der Waals surface area contributed by atoms with E-state index in [0.29, 0.717) is 30.3 Å². The van der Waals surface area contributed by atoms with E-state index in [1.165, 1.54) is 22.6 Å². The number of carbonyl (C=O) groups is 1. The van der Waals surface area contributed by atoms with Gasteiger partial charge in [0.25, 0.3) is 5.56 Å². The maximum absolute atomic E-state index is 13.0. The van der Waals surface area contributed by atoms with E-state index in [1.54, 1.807) is 42.6 Å². The van der Waals surface area contributed by atoms with Gasteiger partial charge in [-0.2, -0.15) is 4.31 Å². The fourth-order valence-corrected chi connectivity index (χ4v) is 5.80. The molecule has 0 aliphatic carbocycles. The van der Waals surface area contributed by atoms with Gasteiger partial charge in [-0.3, -0.25) is 9.59 Å². The van der Waals surface area contributed by atoms with Crippen LogP contribution in [0, 0.1) is 0 Å². The highest BCUT2D eigenvalue weighted by Crippen LogP contribution is 2.36. The minimum Gasteiger partial charge on any atom is -0.309 e. The molecule has 1 aromatic heterocycles. The van der Waals surface area contributed by atoms with Gasteiger partial charge in [-0.1, -0.05) is 25.4 Å². The van der Waals surface area contributed by atoms with Gasteiger partial charge in [0, 0.05) is 47.6 Å². The number of hydrogen-bond donors (Lipinski definition) is 0. The largest absolute Gasteiger partial charge is 0.309 e. The third-order valence-electron chi connectivity index (χ3n) is 4.69. The molecule has 0 radical (unpaired) electrons. The summed E-state index contributed by atoms with van der Waals surface area (Å²) in [5, 5.41) is 0.522. The molecule has 0 spiro atoms. The molecule has 0 saturated carbocycles. The molecule has 0 N–H and O–H groups in total. The summed E-state index contributed by atoms with van der Waals surface area (Å²) in [6.45, 7) is 4.37. The molecular formula is C19H22ClN3O4S2. The minimum absolute atomic E-state index is 0.00811. The van der Waals surface area contributed by atoms with Crippen LogP contribution in [-0.2, 0) is 21.4 Å². The molecule has 0 atom stereocenters. The molecule has 1 aliphatic heterocycles. The van der Waals surface area contributed by atoms with Crippen molar-refractivity contribution in [2.45, 2.75) is 30.2 Å². The molecule has 1 aliphatic rings. The molecule has 156 valence electrons. The molecule has 2 aromatic rings. The second-order valence-electron chi connectivity index (χ2n) is 6.43. The number of aromatic nitrogens is 1. The van der Waals surface area contributed by atoms with E-state index in [9.17, 15) is 18.0 Å². The Labute approximate surface area is 179 Å². The zero-order chi connectivity index (χ0) is 21.2. The summed E-state index contributed by atoms with van der Waals surface area (Å²) in [5.41, 5.74) is 0.272. The lowest BCUT2D eigenvalue weighted by atomic mass is 10.2. The standard InChI is InChI=1S/C19H22ClN3O4S2/c1-3-22(4-2)29(26,27)15-6-8-18(24)21(12-15)13-19(25)23-9-10-28-17-7-5-14(20)11-16(17)23/h5-8,11-12H,3-4,9-10,13H2,1-2H3. The van der Waals surface area contributed by atoms with Crippen molar-refractivity contribution in [1.82, 2.24) is 8.87 Å². The Kier molecular flexibility index (Phi) is 6.72. The predicted octanol–water partition coefficient (Wildman–Crippen LogP) is 2.67. The SMILES string of the molecule is CCN(CC)S(=O)(=O)c1ccc(=O)n(CC(=O)N2CCSc3ccc(Cl)cc32)c1. The van der Waals surface area contributed by atoms with Crippen molar-refractivity contribution in [1.29, 1.82) is 0 Å². The smallest absolute Gasteiger partial charge is 0.251 e. The van der Waals surface area contributed by atoms with Crippen molar-refractivity contribution >= 4 is 45.0 Å². The summed E-state index contributed by atoms with van der Waals surface area (Å²) in [6, 6.07) is 7.83. The van der Waals surface area contributed by atoms with Crippen molar-refractivity contribution in [3.05, 3.63) is 51.9 Å². The predicted molar refractivity (Wildman–Crippen MR) is 115 cm³/mol. The van der Waals surface area contributed by atoms with Crippen molar-refractivity contribution < 1.29 is 13.2 Å². The van der Waals surface area contributed by atoms with Gasteiger partial charge in [-0.15, -0.1) is 11.8 Å². The van der Waals surface area contributed by atoms with Crippen LogP contribution in [-0.4, -0.2) is 48.6 Å². The van der Waals surface area contributed by atoms with Gasteiger partial charge < -0.3 is 9.47 Å². The Morgan fingerprint density at radius 2 is 1.93 bits per heavy atom. The molecule has 29 heavy (non-hydrogen) atoms. The first-order valence-corrected chi connectivity index (χ1v) is 12.0. The fraction of sp³-hybridized carbons (Fsp3) is 0.368. The Morgan fingerprint density at radius 1 is 1.21 bits per heavy atom. The van der Waals surface area contributed by atoms with Crippen molar-refractivity contribution in [3.63, 3.8) is 0 Å². The molecular weight excluding hydrogens is 434 g/mol. The first-order valence-electron chi connectivity index (χ1n) is 9.21. The van der Waals surface area contributed by atoms with Crippen molar-refractivity contribution in [3.8, 4) is 0 Å². The average molecular weight is 456 g/mol. The van der Waals surface area contributed by atoms with Crippen LogP contribution in [0.15, 0.2) is 51.1 Å². The highest BCUT2D eigenvalue weighted by molar-refractivity contribution is 7.99. The topological polar surface area (TPSA) is 79.7 Å². The molecule has 0 fully saturated rings. The number of carbonyl (C=O) groups excluding carboxylic acids is 1. The van der Waals surface area contributed by atoms with Crippen LogP contribution in [0.2, 0.25) is 5.02 Å². The Bertz CT molecular complexity index is 1080. The zero-order valence-electron chi connectivity index (χ0n) is 16.2. The summed E-state index contributed by atoms with van der Waals surface area (Å²) in [5.74, 6) is 0.430. The molecule has 1 aromatic carbocycles. The average Bonchev–Trinajstić information content (AvgIpc) is 2.69. The monoisotopic (exact) mass is 455 g/mol. The maximum atomic E-state index is 13.0. The van der Waals surface area contributed by atoms with E-state index in [-0.39, 0.29) is 17.3 Å². The number of hydrogen-bond acceptors (Lipinski definition) is 5. The van der Waals surface area contributed by atoms with Gasteiger partial charge in [0.05, 0.1) is 10.6 Å². The number of nitrogens with zero attached hydrogens (tertiary/aromatic N) is 3. The van der Waals surface area contributed by atoms with Gasteiger partial charge in [0.1, 0.15) is 6.54 Å². The molecule has 0 saturated heterocycles. The molecule has 1 amide bonds. The van der Waals surface area contributed by atoms with Crippen LogP contribution in [0.4, 0.5) is 5.69 Å². The van der Waals surface area contributed by atoms with Gasteiger partial charge in [0.2, 0.25) is 15.9 Å². The third kappa shape index (κ3) is 4.53. The Hall–Kier alpha value is -1.81. The first kappa shape index (κ1) is 21.9. The molecule has 0 unspecified atom stereocenters. The maximum Gasteiger partial charge on any atom is 0.251 e. The quantitative estimate of drug-likeness (QED) is 0.669. The highest BCUT2D eigenvalue weighted by Gasteiger charge is 2.25.